The van der Waals surface area contributed by atoms with Crippen LogP contribution in [0.15, 0.2) is 24.3 Å². The van der Waals surface area contributed by atoms with Gasteiger partial charge in [-0.1, -0.05) is 6.07 Å². The minimum atomic E-state index is -3.04. The van der Waals surface area contributed by atoms with Crippen molar-refractivity contribution in [3.8, 4) is 0 Å². The van der Waals surface area contributed by atoms with Gasteiger partial charge in [0.15, 0.2) is 16.4 Å². The summed E-state index contributed by atoms with van der Waals surface area (Å²) in [5.41, 5.74) is 0.985. The second kappa shape index (κ2) is 8.11. The topological polar surface area (TPSA) is 119 Å². The Labute approximate surface area is 145 Å². The molecule has 1 heterocycles. The highest BCUT2D eigenvalue weighted by atomic mass is 32.2. The van der Waals surface area contributed by atoms with Gasteiger partial charge in [-0.05, 0) is 30.5 Å². The molecular weight excluding hydrogens is 348 g/mol. The number of sulfone groups is 1. The number of amides is 2. The van der Waals surface area contributed by atoms with Crippen molar-refractivity contribution in [3.05, 3.63) is 24.3 Å². The minimum absolute atomic E-state index is 0.00940. The maximum atomic E-state index is 11.8. The van der Waals surface area contributed by atoms with Crippen LogP contribution < -0.4 is 10.6 Å². The molecule has 0 radical (unpaired) electrons. The summed E-state index contributed by atoms with van der Waals surface area (Å²) in [7, 11) is -3.04. The minimum Gasteiger partial charge on any atom is -0.456 e. The van der Waals surface area contributed by atoms with Crippen molar-refractivity contribution < 1.29 is 27.5 Å². The number of benzene rings is 1. The lowest BCUT2D eigenvalue weighted by Crippen LogP contribution is -2.22. The van der Waals surface area contributed by atoms with Crippen LogP contribution in [0.3, 0.4) is 0 Å². The zero-order valence-corrected chi connectivity index (χ0v) is 14.6. The summed E-state index contributed by atoms with van der Waals surface area (Å²) in [6.07, 6.45) is 0.435. The fourth-order valence-corrected chi connectivity index (χ4v) is 4.41. The molecular formula is C16H20N2O6S. The lowest BCUT2D eigenvalue weighted by atomic mass is 10.1. The molecule has 136 valence electrons. The first-order valence-corrected chi connectivity index (χ1v) is 9.59. The van der Waals surface area contributed by atoms with Crippen molar-refractivity contribution in [2.45, 2.75) is 19.8 Å². The van der Waals surface area contributed by atoms with Crippen LogP contribution in [0.4, 0.5) is 11.4 Å². The lowest BCUT2D eigenvalue weighted by molar-refractivity contribution is -0.148. The van der Waals surface area contributed by atoms with Crippen LogP contribution in [0.2, 0.25) is 0 Å². The molecule has 2 amide bonds. The van der Waals surface area contributed by atoms with E-state index in [0.29, 0.717) is 17.8 Å². The fourth-order valence-electron chi connectivity index (χ4n) is 2.55. The van der Waals surface area contributed by atoms with E-state index in [0.717, 1.165) is 0 Å². The SMILES string of the molecule is CC(=O)Nc1cccc(NC(=O)COC(=O)C[C@@H]2CCS(=O)(=O)C2)c1. The van der Waals surface area contributed by atoms with E-state index in [4.69, 9.17) is 4.74 Å². The van der Waals surface area contributed by atoms with Crippen molar-refractivity contribution in [3.63, 3.8) is 0 Å². The third-order valence-electron chi connectivity index (χ3n) is 3.61. The maximum absolute atomic E-state index is 11.8. The van der Waals surface area contributed by atoms with Crippen LogP contribution in [0.1, 0.15) is 19.8 Å². The Hall–Kier alpha value is -2.42. The highest BCUT2D eigenvalue weighted by Crippen LogP contribution is 2.22. The van der Waals surface area contributed by atoms with E-state index in [1.54, 1.807) is 24.3 Å². The van der Waals surface area contributed by atoms with E-state index in [1.165, 1.54) is 6.92 Å². The van der Waals surface area contributed by atoms with Gasteiger partial charge in [0.05, 0.1) is 11.5 Å². The molecule has 1 saturated heterocycles. The predicted octanol–water partition coefficient (Wildman–Crippen LogP) is 0.951. The van der Waals surface area contributed by atoms with Crippen molar-refractivity contribution in [1.29, 1.82) is 0 Å². The number of hydrogen-bond donors (Lipinski definition) is 2. The number of nitrogens with one attached hydrogen (secondary N) is 2. The van der Waals surface area contributed by atoms with Gasteiger partial charge in [-0.3, -0.25) is 14.4 Å². The summed E-state index contributed by atoms with van der Waals surface area (Å²) in [6.45, 7) is 0.920. The molecule has 1 atom stereocenters. The van der Waals surface area contributed by atoms with Gasteiger partial charge in [0, 0.05) is 24.7 Å². The van der Waals surface area contributed by atoms with E-state index in [-0.39, 0.29) is 29.8 Å². The molecule has 1 aromatic rings. The number of esters is 1. The monoisotopic (exact) mass is 368 g/mol. The van der Waals surface area contributed by atoms with Gasteiger partial charge in [0.25, 0.3) is 5.91 Å². The molecule has 0 unspecified atom stereocenters. The molecule has 0 saturated carbocycles. The third-order valence-corrected chi connectivity index (χ3v) is 5.45. The molecule has 1 aromatic carbocycles. The molecule has 1 aliphatic heterocycles. The first-order chi connectivity index (χ1) is 11.7. The van der Waals surface area contributed by atoms with Crippen molar-refractivity contribution >= 4 is 39.0 Å². The Kier molecular flexibility index (Phi) is 6.13. The zero-order valence-electron chi connectivity index (χ0n) is 13.8. The van der Waals surface area contributed by atoms with Gasteiger partial charge < -0.3 is 15.4 Å². The summed E-state index contributed by atoms with van der Waals surface area (Å²) in [6, 6.07) is 6.54. The first-order valence-electron chi connectivity index (χ1n) is 7.77. The molecule has 25 heavy (non-hydrogen) atoms. The first kappa shape index (κ1) is 18.9. The van der Waals surface area contributed by atoms with Gasteiger partial charge in [0.2, 0.25) is 5.91 Å². The molecule has 1 fully saturated rings. The van der Waals surface area contributed by atoms with Gasteiger partial charge >= 0.3 is 5.97 Å². The van der Waals surface area contributed by atoms with E-state index in [9.17, 15) is 22.8 Å². The lowest BCUT2D eigenvalue weighted by Gasteiger charge is -2.10. The van der Waals surface area contributed by atoms with Crippen molar-refractivity contribution in [1.82, 2.24) is 0 Å². The summed E-state index contributed by atoms with van der Waals surface area (Å²) in [5.74, 6) is -1.50. The van der Waals surface area contributed by atoms with Crippen molar-refractivity contribution in [2.75, 3.05) is 28.7 Å². The fraction of sp³-hybridized carbons (Fsp3) is 0.438. The average Bonchev–Trinajstić information content (AvgIpc) is 2.83. The molecule has 9 heteroatoms. The second-order valence-electron chi connectivity index (χ2n) is 5.94. The summed E-state index contributed by atoms with van der Waals surface area (Å²) >= 11 is 0. The molecule has 1 aliphatic rings. The van der Waals surface area contributed by atoms with Crippen LogP contribution >= 0.6 is 0 Å². The predicted molar refractivity (Wildman–Crippen MR) is 91.7 cm³/mol. The quantitative estimate of drug-likeness (QED) is 0.722. The van der Waals surface area contributed by atoms with Gasteiger partial charge in [0.1, 0.15) is 0 Å². The molecule has 0 aromatic heterocycles. The molecule has 0 spiro atoms. The third kappa shape index (κ3) is 6.54. The standard InChI is InChI=1S/C16H20N2O6S/c1-11(19)17-13-3-2-4-14(8-13)18-15(20)9-24-16(21)7-12-5-6-25(22,23)10-12/h2-4,8,12H,5-7,9-10H2,1H3,(H,17,19)(H,18,20)/t12-/m0/s1. The van der Waals surface area contributed by atoms with Crippen molar-refractivity contribution in [2.24, 2.45) is 5.92 Å². The number of carbonyl (C=O) groups excluding carboxylic acids is 3. The zero-order chi connectivity index (χ0) is 18.4. The Morgan fingerprint density at radius 2 is 1.88 bits per heavy atom. The summed E-state index contributed by atoms with van der Waals surface area (Å²) in [5, 5.41) is 5.15. The van der Waals surface area contributed by atoms with Crippen LogP contribution in [-0.4, -0.2) is 44.3 Å². The number of carbonyl (C=O) groups is 3. The molecule has 2 rings (SSSR count). The average molecular weight is 368 g/mol. The number of hydrogen-bond acceptors (Lipinski definition) is 6. The normalized spacial score (nSPS) is 18.4. The number of rotatable bonds is 6. The van der Waals surface area contributed by atoms with Gasteiger partial charge in [-0.15, -0.1) is 0 Å². The summed E-state index contributed by atoms with van der Waals surface area (Å²) < 4.78 is 27.6. The van der Waals surface area contributed by atoms with Gasteiger partial charge in [-0.25, -0.2) is 8.42 Å². The van der Waals surface area contributed by atoms with Gasteiger partial charge in [-0.2, -0.15) is 0 Å². The van der Waals surface area contributed by atoms with Crippen LogP contribution in [0.25, 0.3) is 0 Å². The molecule has 0 bridgehead atoms. The smallest absolute Gasteiger partial charge is 0.306 e. The number of ether oxygens (including phenoxy) is 1. The van der Waals surface area contributed by atoms with E-state index >= 15 is 0 Å². The highest BCUT2D eigenvalue weighted by molar-refractivity contribution is 7.91. The summed E-state index contributed by atoms with van der Waals surface area (Å²) in [4.78, 5) is 34.5. The number of anilines is 2. The van der Waals surface area contributed by atoms with Crippen LogP contribution in [0, 0.1) is 5.92 Å². The molecule has 8 nitrogen and oxygen atoms in total. The highest BCUT2D eigenvalue weighted by Gasteiger charge is 2.29. The van der Waals surface area contributed by atoms with Crippen LogP contribution in [0.5, 0.6) is 0 Å². The largest absolute Gasteiger partial charge is 0.456 e. The molecule has 0 aliphatic carbocycles. The van der Waals surface area contributed by atoms with E-state index in [1.807, 2.05) is 0 Å². The Balaban J connectivity index is 1.77. The Bertz CT molecular complexity index is 775. The van der Waals surface area contributed by atoms with E-state index < -0.39 is 28.3 Å². The second-order valence-corrected chi connectivity index (χ2v) is 8.17. The van der Waals surface area contributed by atoms with E-state index in [2.05, 4.69) is 10.6 Å². The molecule has 2 N–H and O–H groups in total. The van der Waals surface area contributed by atoms with Crippen LogP contribution in [-0.2, 0) is 29.0 Å². The Morgan fingerprint density at radius 3 is 2.48 bits per heavy atom. The maximum Gasteiger partial charge on any atom is 0.306 e. The Morgan fingerprint density at radius 1 is 1.20 bits per heavy atom.